The van der Waals surface area contributed by atoms with E-state index in [2.05, 4.69) is 10.6 Å². The zero-order chi connectivity index (χ0) is 16.0. The van der Waals surface area contributed by atoms with Crippen molar-refractivity contribution in [2.75, 3.05) is 33.9 Å². The third-order valence-electron chi connectivity index (χ3n) is 4.19. The fourth-order valence-electron chi connectivity index (χ4n) is 2.72. The number of hydrogen-bond donors (Lipinski definition) is 2. The second-order valence-corrected chi connectivity index (χ2v) is 5.43. The SMILES string of the molecule is COC(CNC(=O)C1(OC)CCNCC1)c1ccc(F)cc1. The summed E-state index contributed by atoms with van der Waals surface area (Å²) in [4.78, 5) is 12.5. The Morgan fingerprint density at radius 2 is 1.95 bits per heavy atom. The van der Waals surface area contributed by atoms with E-state index < -0.39 is 5.60 Å². The van der Waals surface area contributed by atoms with Gasteiger partial charge in [0.2, 0.25) is 0 Å². The van der Waals surface area contributed by atoms with Crippen LogP contribution in [0.4, 0.5) is 4.39 Å². The van der Waals surface area contributed by atoms with Crippen LogP contribution in [0.25, 0.3) is 0 Å². The van der Waals surface area contributed by atoms with Crippen LogP contribution in [-0.4, -0.2) is 45.4 Å². The lowest BCUT2D eigenvalue weighted by molar-refractivity contribution is -0.147. The Morgan fingerprint density at radius 3 is 2.50 bits per heavy atom. The molecule has 1 saturated heterocycles. The molecule has 0 aliphatic carbocycles. The van der Waals surface area contributed by atoms with Gasteiger partial charge in [0.15, 0.2) is 0 Å². The lowest BCUT2D eigenvalue weighted by atomic mass is 9.91. The van der Waals surface area contributed by atoms with E-state index >= 15 is 0 Å². The Hall–Kier alpha value is -1.50. The molecule has 1 amide bonds. The number of benzene rings is 1. The molecule has 1 aliphatic heterocycles. The molecule has 6 heteroatoms. The molecule has 0 spiro atoms. The van der Waals surface area contributed by atoms with Crippen molar-refractivity contribution < 1.29 is 18.7 Å². The molecular weight excluding hydrogens is 287 g/mol. The maximum Gasteiger partial charge on any atom is 0.252 e. The van der Waals surface area contributed by atoms with Crippen molar-refractivity contribution in [3.05, 3.63) is 35.6 Å². The number of carbonyl (C=O) groups excluding carboxylic acids is 1. The Kier molecular flexibility index (Phi) is 5.88. The van der Waals surface area contributed by atoms with Crippen molar-refractivity contribution in [3.63, 3.8) is 0 Å². The number of nitrogens with one attached hydrogen (secondary N) is 2. The van der Waals surface area contributed by atoms with Gasteiger partial charge in [-0.1, -0.05) is 12.1 Å². The van der Waals surface area contributed by atoms with E-state index in [0.29, 0.717) is 19.4 Å². The van der Waals surface area contributed by atoms with E-state index in [9.17, 15) is 9.18 Å². The van der Waals surface area contributed by atoms with Gasteiger partial charge >= 0.3 is 0 Å². The molecule has 0 saturated carbocycles. The predicted molar refractivity (Wildman–Crippen MR) is 81.0 cm³/mol. The van der Waals surface area contributed by atoms with Crippen LogP contribution in [-0.2, 0) is 14.3 Å². The van der Waals surface area contributed by atoms with Crippen molar-refractivity contribution >= 4 is 5.91 Å². The Bertz CT molecular complexity index is 487. The summed E-state index contributed by atoms with van der Waals surface area (Å²) in [6.45, 7) is 1.83. The normalized spacial score (nSPS) is 18.7. The number of methoxy groups -OCH3 is 2. The second kappa shape index (κ2) is 7.67. The minimum atomic E-state index is -0.771. The number of hydrogen-bond acceptors (Lipinski definition) is 4. The van der Waals surface area contributed by atoms with Crippen molar-refractivity contribution in [2.45, 2.75) is 24.5 Å². The summed E-state index contributed by atoms with van der Waals surface area (Å²) in [5.74, 6) is -0.420. The van der Waals surface area contributed by atoms with Crippen LogP contribution < -0.4 is 10.6 Å². The fourth-order valence-corrected chi connectivity index (χ4v) is 2.72. The van der Waals surface area contributed by atoms with E-state index in [0.717, 1.165) is 18.7 Å². The standard InChI is InChI=1S/C16H23FN2O3/c1-21-14(12-3-5-13(17)6-4-12)11-19-15(20)16(22-2)7-9-18-10-8-16/h3-6,14,18H,7-11H2,1-2H3,(H,19,20). The highest BCUT2D eigenvalue weighted by molar-refractivity contribution is 5.85. The maximum absolute atomic E-state index is 13.0. The Labute approximate surface area is 130 Å². The van der Waals surface area contributed by atoms with E-state index in [-0.39, 0.29) is 17.8 Å². The minimum absolute atomic E-state index is 0.124. The van der Waals surface area contributed by atoms with E-state index in [1.165, 1.54) is 12.1 Å². The van der Waals surface area contributed by atoms with Gasteiger partial charge in [-0.25, -0.2) is 4.39 Å². The molecule has 1 fully saturated rings. The topological polar surface area (TPSA) is 59.6 Å². The van der Waals surface area contributed by atoms with Crippen LogP contribution in [0, 0.1) is 5.82 Å². The molecule has 1 aliphatic rings. The summed E-state index contributed by atoms with van der Waals surface area (Å²) >= 11 is 0. The second-order valence-electron chi connectivity index (χ2n) is 5.43. The van der Waals surface area contributed by atoms with Gasteiger partial charge in [0, 0.05) is 20.8 Å². The summed E-state index contributed by atoms with van der Waals surface area (Å²) in [6.07, 6.45) is 0.965. The fraction of sp³-hybridized carbons (Fsp3) is 0.562. The lowest BCUT2D eigenvalue weighted by Gasteiger charge is -2.35. The average Bonchev–Trinajstić information content (AvgIpc) is 2.57. The highest BCUT2D eigenvalue weighted by Crippen LogP contribution is 2.23. The predicted octanol–water partition coefficient (Wildman–Crippen LogP) is 1.40. The summed E-state index contributed by atoms with van der Waals surface area (Å²) in [6, 6.07) is 6.08. The van der Waals surface area contributed by atoms with Crippen molar-refractivity contribution in [1.29, 1.82) is 0 Å². The van der Waals surface area contributed by atoms with Crippen LogP contribution in [0.5, 0.6) is 0 Å². The molecule has 0 radical (unpaired) electrons. The largest absolute Gasteiger partial charge is 0.375 e. The quantitative estimate of drug-likeness (QED) is 0.834. The van der Waals surface area contributed by atoms with Gasteiger partial charge in [-0.3, -0.25) is 4.79 Å². The monoisotopic (exact) mass is 310 g/mol. The highest BCUT2D eigenvalue weighted by Gasteiger charge is 2.39. The molecule has 122 valence electrons. The van der Waals surface area contributed by atoms with Crippen LogP contribution in [0.2, 0.25) is 0 Å². The zero-order valence-corrected chi connectivity index (χ0v) is 13.0. The van der Waals surface area contributed by atoms with Gasteiger partial charge in [-0.05, 0) is 43.6 Å². The number of halogens is 1. The summed E-state index contributed by atoms with van der Waals surface area (Å²) < 4.78 is 23.8. The van der Waals surface area contributed by atoms with Gasteiger partial charge in [-0.15, -0.1) is 0 Å². The van der Waals surface area contributed by atoms with Gasteiger partial charge in [0.25, 0.3) is 5.91 Å². The molecule has 22 heavy (non-hydrogen) atoms. The molecule has 5 nitrogen and oxygen atoms in total. The number of carbonyl (C=O) groups is 1. The smallest absolute Gasteiger partial charge is 0.252 e. The lowest BCUT2D eigenvalue weighted by Crippen LogP contribution is -2.54. The summed E-state index contributed by atoms with van der Waals surface area (Å²) in [7, 11) is 3.13. The van der Waals surface area contributed by atoms with Gasteiger partial charge in [-0.2, -0.15) is 0 Å². The van der Waals surface area contributed by atoms with E-state index in [1.54, 1.807) is 26.4 Å². The highest BCUT2D eigenvalue weighted by atomic mass is 19.1. The van der Waals surface area contributed by atoms with Crippen LogP contribution in [0.15, 0.2) is 24.3 Å². The first-order valence-corrected chi connectivity index (χ1v) is 7.44. The van der Waals surface area contributed by atoms with Gasteiger partial charge in [0.1, 0.15) is 11.4 Å². The van der Waals surface area contributed by atoms with Gasteiger partial charge in [0.05, 0.1) is 6.10 Å². The molecule has 1 heterocycles. The molecule has 0 aromatic heterocycles. The maximum atomic E-state index is 13.0. The molecule has 2 rings (SSSR count). The Balaban J connectivity index is 1.97. The summed E-state index contributed by atoms with van der Waals surface area (Å²) in [5.41, 5.74) is 0.0489. The van der Waals surface area contributed by atoms with Crippen LogP contribution in [0.1, 0.15) is 24.5 Å². The van der Waals surface area contributed by atoms with Crippen LogP contribution in [0.3, 0.4) is 0 Å². The number of rotatable bonds is 6. The third kappa shape index (κ3) is 3.82. The zero-order valence-electron chi connectivity index (χ0n) is 13.0. The Morgan fingerprint density at radius 1 is 1.32 bits per heavy atom. The first kappa shape index (κ1) is 16.9. The summed E-state index contributed by atoms with van der Waals surface area (Å²) in [5, 5.41) is 6.11. The molecule has 1 aromatic rings. The number of piperidine rings is 1. The van der Waals surface area contributed by atoms with E-state index in [4.69, 9.17) is 9.47 Å². The first-order valence-electron chi connectivity index (χ1n) is 7.44. The van der Waals surface area contributed by atoms with Gasteiger partial charge < -0.3 is 20.1 Å². The van der Waals surface area contributed by atoms with E-state index in [1.807, 2.05) is 0 Å². The molecule has 1 unspecified atom stereocenters. The minimum Gasteiger partial charge on any atom is -0.375 e. The average molecular weight is 310 g/mol. The van der Waals surface area contributed by atoms with Crippen molar-refractivity contribution in [1.82, 2.24) is 10.6 Å². The number of ether oxygens (including phenoxy) is 2. The molecular formula is C16H23FN2O3. The van der Waals surface area contributed by atoms with Crippen molar-refractivity contribution in [2.24, 2.45) is 0 Å². The van der Waals surface area contributed by atoms with Crippen LogP contribution >= 0.6 is 0 Å². The van der Waals surface area contributed by atoms with Crippen molar-refractivity contribution in [3.8, 4) is 0 Å². The number of amides is 1. The first-order chi connectivity index (χ1) is 10.6. The molecule has 0 bridgehead atoms. The molecule has 2 N–H and O–H groups in total. The molecule has 1 aromatic carbocycles. The third-order valence-corrected chi connectivity index (χ3v) is 4.19. The molecule has 1 atom stereocenters.